The van der Waals surface area contributed by atoms with Gasteiger partial charge in [-0.15, -0.1) is 0 Å². The molecule has 2 aromatic carbocycles. The number of ketones is 1. The van der Waals surface area contributed by atoms with E-state index >= 15 is 0 Å². The molecule has 0 fully saturated rings. The van der Waals surface area contributed by atoms with E-state index in [2.05, 4.69) is 0 Å². The highest BCUT2D eigenvalue weighted by Gasteiger charge is 2.13. The molecule has 4 heteroatoms. The largest absolute Gasteiger partial charge is 0.484 e. The van der Waals surface area contributed by atoms with Crippen LogP contribution in [0.25, 0.3) is 0 Å². The van der Waals surface area contributed by atoms with Gasteiger partial charge in [-0.05, 0) is 37.1 Å². The van der Waals surface area contributed by atoms with E-state index in [1.165, 1.54) is 0 Å². The van der Waals surface area contributed by atoms with Gasteiger partial charge in [0.05, 0.1) is 5.30 Å². The maximum Gasteiger partial charge on any atom is 0.200 e. The van der Waals surface area contributed by atoms with E-state index in [9.17, 15) is 9.36 Å². The van der Waals surface area contributed by atoms with Gasteiger partial charge in [0.2, 0.25) is 5.78 Å². The molecule has 0 aliphatic heterocycles. The Morgan fingerprint density at radius 3 is 2.35 bits per heavy atom. The van der Waals surface area contributed by atoms with Crippen LogP contribution in [-0.4, -0.2) is 12.4 Å². The minimum absolute atomic E-state index is 0.0573. The summed E-state index contributed by atoms with van der Waals surface area (Å²) in [6.45, 7) is 3.76. The van der Waals surface area contributed by atoms with Crippen LogP contribution in [-0.2, 0) is 4.57 Å². The van der Waals surface area contributed by atoms with Gasteiger partial charge in [0.25, 0.3) is 0 Å². The minimum atomic E-state index is -0.115. The molecule has 0 bridgehead atoms. The van der Waals surface area contributed by atoms with Crippen LogP contribution < -0.4 is 10.0 Å². The maximum absolute atomic E-state index is 12.3. The molecule has 0 aromatic heterocycles. The van der Waals surface area contributed by atoms with Crippen molar-refractivity contribution in [3.63, 3.8) is 0 Å². The number of carbonyl (C=O) groups is 1. The highest BCUT2D eigenvalue weighted by Crippen LogP contribution is 2.16. The predicted molar refractivity (Wildman–Crippen MR) is 79.4 cm³/mol. The topological polar surface area (TPSA) is 43.4 Å². The molecular weight excluding hydrogens is 271 g/mol. The van der Waals surface area contributed by atoms with Crippen LogP contribution >= 0.6 is 8.46 Å². The summed E-state index contributed by atoms with van der Waals surface area (Å²) < 4.78 is 16.5. The lowest BCUT2D eigenvalue weighted by Crippen LogP contribution is -2.16. The Kier molecular flexibility index (Phi) is 4.65. The SMILES string of the molecule is Cc1cccc(C)c1C(=O)COc1ccccc1P=O. The average Bonchev–Trinajstić information content (AvgIpc) is 2.45. The lowest BCUT2D eigenvalue weighted by molar-refractivity contribution is 0.0921. The van der Waals surface area contributed by atoms with Gasteiger partial charge in [-0.2, -0.15) is 0 Å². The van der Waals surface area contributed by atoms with E-state index in [0.717, 1.165) is 11.1 Å². The van der Waals surface area contributed by atoms with Crippen molar-refractivity contribution < 1.29 is 14.1 Å². The third kappa shape index (κ3) is 3.12. The quantitative estimate of drug-likeness (QED) is 0.624. The predicted octanol–water partition coefficient (Wildman–Crippen LogP) is 3.48. The summed E-state index contributed by atoms with van der Waals surface area (Å²) in [5.41, 5.74) is 2.58. The zero-order chi connectivity index (χ0) is 14.5. The number of rotatable bonds is 5. The molecule has 0 aliphatic carbocycles. The van der Waals surface area contributed by atoms with Gasteiger partial charge in [0, 0.05) is 5.56 Å². The Labute approximate surface area is 119 Å². The number of benzene rings is 2. The second-order valence-corrected chi connectivity index (χ2v) is 5.20. The molecule has 20 heavy (non-hydrogen) atoms. The fourth-order valence-electron chi connectivity index (χ4n) is 2.12. The van der Waals surface area contributed by atoms with Crippen molar-refractivity contribution in [3.05, 3.63) is 59.2 Å². The van der Waals surface area contributed by atoms with Crippen LogP contribution in [0, 0.1) is 13.8 Å². The highest BCUT2D eigenvalue weighted by molar-refractivity contribution is 7.34. The zero-order valence-electron chi connectivity index (χ0n) is 11.4. The highest BCUT2D eigenvalue weighted by atomic mass is 31.1. The Balaban J connectivity index is 2.15. The molecule has 102 valence electrons. The average molecular weight is 286 g/mol. The Morgan fingerprint density at radius 1 is 1.05 bits per heavy atom. The van der Waals surface area contributed by atoms with Crippen molar-refractivity contribution >= 4 is 19.5 Å². The van der Waals surface area contributed by atoms with Crippen molar-refractivity contribution in [1.82, 2.24) is 0 Å². The first-order valence-corrected chi connectivity index (χ1v) is 7.09. The number of hydrogen-bond acceptors (Lipinski definition) is 3. The van der Waals surface area contributed by atoms with Crippen LogP contribution in [0.4, 0.5) is 0 Å². The first-order valence-electron chi connectivity index (χ1n) is 6.28. The van der Waals surface area contributed by atoms with Gasteiger partial charge in [0.15, 0.2) is 15.1 Å². The molecule has 0 saturated carbocycles. The summed E-state index contributed by atoms with van der Waals surface area (Å²) >= 11 is 0. The van der Waals surface area contributed by atoms with Crippen molar-refractivity contribution in [3.8, 4) is 5.75 Å². The number of Topliss-reactive ketones (excluding diaryl/α,β-unsaturated/α-hetero) is 1. The molecule has 0 unspecified atom stereocenters. The number of para-hydroxylation sites is 1. The lowest BCUT2D eigenvalue weighted by atomic mass is 10.00. The monoisotopic (exact) mass is 286 g/mol. The molecule has 2 rings (SSSR count). The number of hydrogen-bond donors (Lipinski definition) is 0. The van der Waals surface area contributed by atoms with E-state index in [-0.39, 0.29) is 20.9 Å². The summed E-state index contributed by atoms with van der Waals surface area (Å²) in [5, 5.41) is 0.543. The van der Waals surface area contributed by atoms with E-state index in [4.69, 9.17) is 4.74 Å². The van der Waals surface area contributed by atoms with Crippen molar-refractivity contribution in [1.29, 1.82) is 0 Å². The number of carbonyl (C=O) groups excluding carboxylic acids is 1. The minimum Gasteiger partial charge on any atom is -0.484 e. The fourth-order valence-corrected chi connectivity index (χ4v) is 2.50. The van der Waals surface area contributed by atoms with Crippen LogP contribution in [0.1, 0.15) is 21.5 Å². The molecule has 0 saturated heterocycles. The molecule has 0 amide bonds. The first kappa shape index (κ1) is 14.4. The van der Waals surface area contributed by atoms with Crippen molar-refractivity contribution in [2.75, 3.05) is 6.61 Å². The van der Waals surface area contributed by atoms with Gasteiger partial charge in [-0.3, -0.25) is 9.36 Å². The Bertz CT molecular complexity index is 630. The van der Waals surface area contributed by atoms with Crippen LogP contribution in [0.3, 0.4) is 0 Å². The molecular formula is C16H15O3P. The summed E-state index contributed by atoms with van der Waals surface area (Å²) in [6, 6.07) is 12.7. The number of ether oxygens (including phenoxy) is 1. The van der Waals surface area contributed by atoms with Crippen LogP contribution in [0.2, 0.25) is 0 Å². The molecule has 0 aliphatic rings. The van der Waals surface area contributed by atoms with E-state index < -0.39 is 0 Å². The van der Waals surface area contributed by atoms with Crippen LogP contribution in [0.15, 0.2) is 42.5 Å². The molecule has 3 nitrogen and oxygen atoms in total. The molecule has 0 heterocycles. The van der Waals surface area contributed by atoms with E-state index in [1.54, 1.807) is 24.3 Å². The zero-order valence-corrected chi connectivity index (χ0v) is 12.3. The van der Waals surface area contributed by atoms with Gasteiger partial charge < -0.3 is 4.74 Å². The lowest BCUT2D eigenvalue weighted by Gasteiger charge is -2.10. The Hall–Kier alpha value is -1.99. The van der Waals surface area contributed by atoms with Crippen LogP contribution in [0.5, 0.6) is 5.75 Å². The summed E-state index contributed by atoms with van der Waals surface area (Å²) in [5.74, 6) is 0.404. The van der Waals surface area contributed by atoms with Gasteiger partial charge >= 0.3 is 0 Å². The summed E-state index contributed by atoms with van der Waals surface area (Å²) in [6.07, 6.45) is 0. The second kappa shape index (κ2) is 6.44. The van der Waals surface area contributed by atoms with E-state index in [0.29, 0.717) is 16.6 Å². The molecule has 0 spiro atoms. The Morgan fingerprint density at radius 2 is 1.70 bits per heavy atom. The molecule has 2 aromatic rings. The van der Waals surface area contributed by atoms with Gasteiger partial charge in [-0.1, -0.05) is 30.3 Å². The van der Waals surface area contributed by atoms with Crippen molar-refractivity contribution in [2.24, 2.45) is 0 Å². The summed E-state index contributed by atoms with van der Waals surface area (Å²) in [4.78, 5) is 12.3. The van der Waals surface area contributed by atoms with Crippen molar-refractivity contribution in [2.45, 2.75) is 13.8 Å². The fraction of sp³-hybridized carbons (Fsp3) is 0.188. The normalized spacial score (nSPS) is 10.5. The maximum atomic E-state index is 12.3. The number of aryl methyl sites for hydroxylation is 2. The first-order chi connectivity index (χ1) is 9.63. The van der Waals surface area contributed by atoms with E-state index in [1.807, 2.05) is 32.0 Å². The molecule has 0 atom stereocenters. The third-order valence-electron chi connectivity index (χ3n) is 3.08. The molecule has 0 radical (unpaired) electrons. The second-order valence-electron chi connectivity index (χ2n) is 4.54. The summed E-state index contributed by atoms with van der Waals surface area (Å²) in [7, 11) is -0.115. The van der Waals surface area contributed by atoms with Gasteiger partial charge in [-0.25, -0.2) is 0 Å². The molecule has 0 N–H and O–H groups in total. The third-order valence-corrected chi connectivity index (χ3v) is 3.65. The van der Waals surface area contributed by atoms with Gasteiger partial charge in [0.1, 0.15) is 5.75 Å². The smallest absolute Gasteiger partial charge is 0.200 e. The standard InChI is InChI=1S/C16H15O3P/c1-11-6-5-7-12(2)16(11)13(17)10-19-14-8-3-4-9-15(14)20-18/h3-9H,10H2,1-2H3.